The topological polar surface area (TPSA) is 85.4 Å². The predicted molar refractivity (Wildman–Crippen MR) is 113 cm³/mol. The van der Waals surface area contributed by atoms with E-state index in [0.29, 0.717) is 30.4 Å². The minimum atomic E-state index is -0.297. The van der Waals surface area contributed by atoms with Crippen LogP contribution < -0.4 is 20.1 Å². The molecule has 0 saturated heterocycles. The normalized spacial score (nSPS) is 10.3. The number of hydrogen-bond donors (Lipinski definition) is 2. The average Bonchev–Trinajstić information content (AvgIpc) is 2.76. The molecule has 0 aliphatic rings. The number of benzene rings is 2. The highest BCUT2D eigenvalue weighted by atomic mass is 16.5. The summed E-state index contributed by atoms with van der Waals surface area (Å²) in [6.45, 7) is 3.21. The van der Waals surface area contributed by atoms with Crippen LogP contribution in [-0.2, 0) is 6.42 Å². The maximum Gasteiger partial charge on any atom is 0.274 e. The first-order valence-corrected chi connectivity index (χ1v) is 9.41. The molecule has 1 heterocycles. The summed E-state index contributed by atoms with van der Waals surface area (Å²) in [5.41, 5.74) is 2.15. The molecule has 2 N–H and O–H groups in total. The second-order valence-electron chi connectivity index (χ2n) is 6.22. The molecule has 3 aromatic rings. The van der Waals surface area contributed by atoms with Crippen LogP contribution in [0, 0.1) is 0 Å². The molecule has 0 aliphatic carbocycles. The Morgan fingerprint density at radius 3 is 2.41 bits per heavy atom. The maximum atomic E-state index is 12.5. The van der Waals surface area contributed by atoms with E-state index < -0.39 is 0 Å². The number of amides is 1. The molecular weight excluding hydrogens is 368 g/mol. The van der Waals surface area contributed by atoms with Crippen LogP contribution in [-0.4, -0.2) is 36.1 Å². The summed E-state index contributed by atoms with van der Waals surface area (Å²) in [5.74, 6) is 1.90. The molecule has 3 rings (SSSR count). The van der Waals surface area contributed by atoms with E-state index in [1.54, 1.807) is 25.3 Å². The van der Waals surface area contributed by atoms with Gasteiger partial charge in [0.1, 0.15) is 29.3 Å². The van der Waals surface area contributed by atoms with Crippen molar-refractivity contribution < 1.29 is 14.3 Å². The summed E-state index contributed by atoms with van der Waals surface area (Å²) in [7, 11) is 1.65. The molecule has 7 nitrogen and oxygen atoms in total. The molecule has 1 aromatic heterocycles. The van der Waals surface area contributed by atoms with Gasteiger partial charge < -0.3 is 20.1 Å². The highest BCUT2D eigenvalue weighted by molar-refractivity contribution is 6.03. The highest BCUT2D eigenvalue weighted by Crippen LogP contribution is 2.17. The van der Waals surface area contributed by atoms with Crippen LogP contribution in [0.4, 0.5) is 11.5 Å². The number of methoxy groups -OCH3 is 1. The van der Waals surface area contributed by atoms with E-state index in [0.717, 1.165) is 17.9 Å². The van der Waals surface area contributed by atoms with Crippen LogP contribution in [0.2, 0.25) is 0 Å². The van der Waals surface area contributed by atoms with Gasteiger partial charge in [-0.3, -0.25) is 4.79 Å². The Morgan fingerprint density at radius 1 is 1.00 bits per heavy atom. The van der Waals surface area contributed by atoms with E-state index in [-0.39, 0.29) is 5.91 Å². The number of aromatic nitrogens is 2. The van der Waals surface area contributed by atoms with Crippen LogP contribution in [0.15, 0.2) is 60.9 Å². The molecule has 1 amide bonds. The van der Waals surface area contributed by atoms with E-state index in [1.807, 2.05) is 43.3 Å². The van der Waals surface area contributed by atoms with E-state index in [2.05, 4.69) is 20.6 Å². The zero-order valence-corrected chi connectivity index (χ0v) is 16.5. The number of carbonyl (C=O) groups is 1. The lowest BCUT2D eigenvalue weighted by Gasteiger charge is -2.09. The van der Waals surface area contributed by atoms with Crippen molar-refractivity contribution in [1.29, 1.82) is 0 Å². The third kappa shape index (κ3) is 5.93. The predicted octanol–water partition coefficient (Wildman–Crippen LogP) is 3.79. The number of ether oxygens (including phenoxy) is 2. The molecule has 2 aromatic carbocycles. The lowest BCUT2D eigenvalue weighted by Crippen LogP contribution is -2.15. The molecule has 0 bridgehead atoms. The monoisotopic (exact) mass is 392 g/mol. The van der Waals surface area contributed by atoms with Gasteiger partial charge in [0.05, 0.1) is 13.7 Å². The first kappa shape index (κ1) is 20.1. The Hall–Kier alpha value is -3.61. The van der Waals surface area contributed by atoms with E-state index in [9.17, 15) is 4.79 Å². The average molecular weight is 392 g/mol. The van der Waals surface area contributed by atoms with Crippen molar-refractivity contribution in [3.05, 3.63) is 72.2 Å². The molecule has 0 fully saturated rings. The molecule has 150 valence electrons. The van der Waals surface area contributed by atoms with Gasteiger partial charge in [0.15, 0.2) is 0 Å². The summed E-state index contributed by atoms with van der Waals surface area (Å²) in [5, 5.41) is 6.05. The Labute approximate surface area is 170 Å². The number of rotatable bonds is 9. The number of anilines is 2. The third-order valence-electron chi connectivity index (χ3n) is 4.20. The Kier molecular flexibility index (Phi) is 7.00. The van der Waals surface area contributed by atoms with Gasteiger partial charge in [-0.1, -0.05) is 12.1 Å². The molecule has 0 radical (unpaired) electrons. The van der Waals surface area contributed by atoms with Crippen molar-refractivity contribution in [2.75, 3.05) is 30.9 Å². The minimum Gasteiger partial charge on any atom is -0.497 e. The first-order valence-electron chi connectivity index (χ1n) is 9.41. The molecular formula is C22H24N4O3. The molecule has 29 heavy (non-hydrogen) atoms. The van der Waals surface area contributed by atoms with Crippen LogP contribution >= 0.6 is 0 Å². The van der Waals surface area contributed by atoms with Crippen LogP contribution in [0.5, 0.6) is 11.5 Å². The smallest absolute Gasteiger partial charge is 0.274 e. The van der Waals surface area contributed by atoms with Gasteiger partial charge in [-0.2, -0.15) is 0 Å². The van der Waals surface area contributed by atoms with Crippen LogP contribution in [0.3, 0.4) is 0 Å². The minimum absolute atomic E-state index is 0.292. The van der Waals surface area contributed by atoms with Gasteiger partial charge in [0.25, 0.3) is 5.91 Å². The summed E-state index contributed by atoms with van der Waals surface area (Å²) in [4.78, 5) is 20.7. The maximum absolute atomic E-state index is 12.5. The quantitative estimate of drug-likeness (QED) is 0.576. The van der Waals surface area contributed by atoms with E-state index in [4.69, 9.17) is 9.47 Å². The second-order valence-corrected chi connectivity index (χ2v) is 6.22. The Morgan fingerprint density at radius 2 is 1.72 bits per heavy atom. The van der Waals surface area contributed by atoms with Gasteiger partial charge in [-0.05, 0) is 55.3 Å². The van der Waals surface area contributed by atoms with Crippen molar-refractivity contribution in [2.45, 2.75) is 13.3 Å². The molecule has 0 spiro atoms. The van der Waals surface area contributed by atoms with Crippen molar-refractivity contribution in [3.8, 4) is 11.5 Å². The second kappa shape index (κ2) is 10.1. The standard InChI is InChI=1S/C22H24N4O3/c1-3-29-19-10-6-17(7-11-19)26-22(27)20-14-21(25-15-24-20)23-13-12-16-4-8-18(28-2)9-5-16/h4-11,14-15H,3,12-13H2,1-2H3,(H,26,27)(H,23,24,25). The molecule has 0 saturated carbocycles. The summed E-state index contributed by atoms with van der Waals surface area (Å²) >= 11 is 0. The Bertz CT molecular complexity index is 928. The van der Waals surface area contributed by atoms with Crippen LogP contribution in [0.25, 0.3) is 0 Å². The van der Waals surface area contributed by atoms with Gasteiger partial charge in [-0.15, -0.1) is 0 Å². The molecule has 0 aliphatic heterocycles. The van der Waals surface area contributed by atoms with Gasteiger partial charge in [0, 0.05) is 18.3 Å². The van der Waals surface area contributed by atoms with E-state index in [1.165, 1.54) is 11.9 Å². The zero-order valence-electron chi connectivity index (χ0n) is 16.5. The van der Waals surface area contributed by atoms with Gasteiger partial charge in [-0.25, -0.2) is 9.97 Å². The number of nitrogens with one attached hydrogen (secondary N) is 2. The van der Waals surface area contributed by atoms with Crippen molar-refractivity contribution in [2.24, 2.45) is 0 Å². The number of hydrogen-bond acceptors (Lipinski definition) is 6. The lowest BCUT2D eigenvalue weighted by atomic mass is 10.1. The number of nitrogens with zero attached hydrogens (tertiary/aromatic N) is 2. The van der Waals surface area contributed by atoms with Crippen molar-refractivity contribution in [3.63, 3.8) is 0 Å². The number of carbonyl (C=O) groups excluding carboxylic acids is 1. The zero-order chi connectivity index (χ0) is 20.5. The van der Waals surface area contributed by atoms with Crippen molar-refractivity contribution >= 4 is 17.4 Å². The summed E-state index contributed by atoms with van der Waals surface area (Å²) < 4.78 is 10.6. The van der Waals surface area contributed by atoms with Gasteiger partial charge in [0.2, 0.25) is 0 Å². The lowest BCUT2D eigenvalue weighted by molar-refractivity contribution is 0.102. The highest BCUT2D eigenvalue weighted by Gasteiger charge is 2.09. The fraction of sp³-hybridized carbons (Fsp3) is 0.227. The summed E-state index contributed by atoms with van der Waals surface area (Å²) in [6, 6.07) is 16.8. The fourth-order valence-corrected chi connectivity index (χ4v) is 2.70. The van der Waals surface area contributed by atoms with E-state index >= 15 is 0 Å². The fourth-order valence-electron chi connectivity index (χ4n) is 2.70. The van der Waals surface area contributed by atoms with Gasteiger partial charge >= 0.3 is 0 Å². The third-order valence-corrected chi connectivity index (χ3v) is 4.20. The SMILES string of the molecule is CCOc1ccc(NC(=O)c2cc(NCCc3ccc(OC)cc3)ncn2)cc1. The largest absolute Gasteiger partial charge is 0.497 e. The van der Waals surface area contributed by atoms with Crippen molar-refractivity contribution in [1.82, 2.24) is 9.97 Å². The Balaban J connectivity index is 1.54. The molecule has 0 atom stereocenters. The molecule has 7 heteroatoms. The molecule has 0 unspecified atom stereocenters. The first-order chi connectivity index (χ1) is 14.2. The summed E-state index contributed by atoms with van der Waals surface area (Å²) in [6.07, 6.45) is 2.20. The van der Waals surface area contributed by atoms with Crippen LogP contribution in [0.1, 0.15) is 23.0 Å².